The van der Waals surface area contributed by atoms with Crippen LogP contribution in [0.4, 0.5) is 0 Å². The Labute approximate surface area is 116 Å². The molecule has 0 aliphatic carbocycles. The van der Waals surface area contributed by atoms with Gasteiger partial charge in [-0.15, -0.1) is 0 Å². The second kappa shape index (κ2) is 7.49. The summed E-state index contributed by atoms with van der Waals surface area (Å²) in [7, 11) is 0. The van der Waals surface area contributed by atoms with E-state index in [1.807, 2.05) is 13.8 Å². The number of rotatable bonds is 8. The van der Waals surface area contributed by atoms with Crippen LogP contribution in [0.3, 0.4) is 0 Å². The van der Waals surface area contributed by atoms with Crippen molar-refractivity contribution in [2.24, 2.45) is 0 Å². The number of epoxide rings is 1. The molecule has 1 fully saturated rings. The van der Waals surface area contributed by atoms with Crippen LogP contribution in [0, 0.1) is 0 Å². The molecule has 0 saturated carbocycles. The average Bonchev–Trinajstić information content (AvgIpc) is 2.91. The molecule has 0 spiro atoms. The van der Waals surface area contributed by atoms with Crippen LogP contribution in [0.5, 0.6) is 0 Å². The molecule has 1 atom stereocenters. The third-order valence-electron chi connectivity index (χ3n) is 3.28. The van der Waals surface area contributed by atoms with Crippen LogP contribution in [0.2, 0.25) is 0 Å². The molecule has 0 aromatic rings. The number of carbonyl (C=O) groups is 1. The lowest BCUT2D eigenvalue weighted by Crippen LogP contribution is -2.01. The molecule has 0 bridgehead atoms. The Kier molecular flexibility index (Phi) is 6.29. The summed E-state index contributed by atoms with van der Waals surface area (Å²) in [5.41, 5.74) is 1.17. The van der Waals surface area contributed by atoms with Gasteiger partial charge in [0.05, 0.1) is 18.3 Å². The van der Waals surface area contributed by atoms with E-state index in [1.165, 1.54) is 0 Å². The van der Waals surface area contributed by atoms with Gasteiger partial charge in [-0.05, 0) is 53.4 Å². The summed E-state index contributed by atoms with van der Waals surface area (Å²) in [5, 5.41) is 0. The first-order valence-corrected chi connectivity index (χ1v) is 7.12. The third kappa shape index (κ3) is 6.58. The minimum Gasteiger partial charge on any atom is -0.463 e. The van der Waals surface area contributed by atoms with E-state index < -0.39 is 0 Å². The molecule has 1 saturated heterocycles. The molecule has 1 aliphatic heterocycles. The molecule has 0 aromatic carbocycles. The van der Waals surface area contributed by atoms with Gasteiger partial charge >= 0.3 is 5.97 Å². The van der Waals surface area contributed by atoms with Crippen molar-refractivity contribution >= 4 is 5.97 Å². The van der Waals surface area contributed by atoms with Gasteiger partial charge in [0.2, 0.25) is 0 Å². The fourth-order valence-electron chi connectivity index (χ4n) is 1.99. The minimum atomic E-state index is -0.239. The average molecular weight is 266 g/mol. The van der Waals surface area contributed by atoms with Gasteiger partial charge in [-0.3, -0.25) is 0 Å². The molecule has 0 N–H and O–H groups in total. The van der Waals surface area contributed by atoms with Gasteiger partial charge in [-0.2, -0.15) is 0 Å². The summed E-state index contributed by atoms with van der Waals surface area (Å²) < 4.78 is 10.4. The number of allylic oxidation sites excluding steroid dienone is 3. The summed E-state index contributed by atoms with van der Waals surface area (Å²) in [5.74, 6) is -0.239. The van der Waals surface area contributed by atoms with Crippen molar-refractivity contribution in [2.45, 2.75) is 65.1 Å². The Balaban J connectivity index is 2.07. The van der Waals surface area contributed by atoms with Gasteiger partial charge < -0.3 is 9.47 Å². The van der Waals surface area contributed by atoms with Crippen molar-refractivity contribution in [3.63, 3.8) is 0 Å². The van der Waals surface area contributed by atoms with Crippen LogP contribution in [0.1, 0.15) is 53.4 Å². The van der Waals surface area contributed by atoms with Gasteiger partial charge in [0.1, 0.15) is 0 Å². The zero-order valence-corrected chi connectivity index (χ0v) is 12.6. The van der Waals surface area contributed by atoms with Crippen molar-refractivity contribution in [1.82, 2.24) is 0 Å². The van der Waals surface area contributed by atoms with Crippen LogP contribution < -0.4 is 0 Å². The first kappa shape index (κ1) is 16.0. The standard InChI is InChI=1S/C16H26O3/c1-5-18-15(17)12-13(2)10-8-6-7-9-11-14-16(3,4)19-14/h6-7,12,14H,5,8-11H2,1-4H3. The minimum absolute atomic E-state index is 0.104. The van der Waals surface area contributed by atoms with E-state index in [2.05, 4.69) is 26.0 Å². The van der Waals surface area contributed by atoms with Gasteiger partial charge in [0, 0.05) is 6.08 Å². The van der Waals surface area contributed by atoms with Gasteiger partial charge in [-0.25, -0.2) is 4.79 Å². The Morgan fingerprint density at radius 3 is 2.53 bits per heavy atom. The maximum absolute atomic E-state index is 11.2. The van der Waals surface area contributed by atoms with Crippen molar-refractivity contribution in [3.05, 3.63) is 23.8 Å². The van der Waals surface area contributed by atoms with E-state index in [-0.39, 0.29) is 11.6 Å². The summed E-state index contributed by atoms with van der Waals surface area (Å²) in [6, 6.07) is 0. The number of esters is 1. The molecule has 0 aromatic heterocycles. The largest absolute Gasteiger partial charge is 0.463 e. The van der Waals surface area contributed by atoms with Crippen molar-refractivity contribution < 1.29 is 14.3 Å². The maximum atomic E-state index is 11.2. The van der Waals surface area contributed by atoms with Gasteiger partial charge in [-0.1, -0.05) is 17.7 Å². The summed E-state index contributed by atoms with van der Waals surface area (Å²) in [4.78, 5) is 11.2. The molecule has 3 heteroatoms. The molecule has 0 radical (unpaired) electrons. The normalized spacial score (nSPS) is 21.7. The lowest BCUT2D eigenvalue weighted by Gasteiger charge is -1.99. The molecule has 1 heterocycles. The monoisotopic (exact) mass is 266 g/mol. The van der Waals surface area contributed by atoms with Crippen LogP contribution in [0.15, 0.2) is 23.8 Å². The van der Waals surface area contributed by atoms with Crippen LogP contribution in [-0.4, -0.2) is 24.3 Å². The number of hydrogen-bond acceptors (Lipinski definition) is 3. The number of carbonyl (C=O) groups excluding carboxylic acids is 1. The van der Waals surface area contributed by atoms with Crippen LogP contribution in [-0.2, 0) is 14.3 Å². The first-order chi connectivity index (χ1) is 8.95. The molecular weight excluding hydrogens is 240 g/mol. The molecule has 1 rings (SSSR count). The fraction of sp³-hybridized carbons (Fsp3) is 0.688. The topological polar surface area (TPSA) is 38.8 Å². The third-order valence-corrected chi connectivity index (χ3v) is 3.28. The highest BCUT2D eigenvalue weighted by Gasteiger charge is 2.46. The van der Waals surface area contributed by atoms with Gasteiger partial charge in [0.25, 0.3) is 0 Å². The summed E-state index contributed by atoms with van der Waals surface area (Å²) >= 11 is 0. The first-order valence-electron chi connectivity index (χ1n) is 7.12. The van der Waals surface area contributed by atoms with Crippen molar-refractivity contribution in [3.8, 4) is 0 Å². The van der Waals surface area contributed by atoms with Gasteiger partial charge in [0.15, 0.2) is 0 Å². The second-order valence-electron chi connectivity index (χ2n) is 5.54. The Morgan fingerprint density at radius 1 is 1.32 bits per heavy atom. The highest BCUT2D eigenvalue weighted by molar-refractivity contribution is 5.82. The van der Waals surface area contributed by atoms with Crippen LogP contribution >= 0.6 is 0 Å². The summed E-state index contributed by atoms with van der Waals surface area (Å²) in [6.45, 7) is 8.47. The van der Waals surface area contributed by atoms with Crippen molar-refractivity contribution in [1.29, 1.82) is 0 Å². The zero-order valence-electron chi connectivity index (χ0n) is 12.6. The quantitative estimate of drug-likeness (QED) is 0.290. The Hall–Kier alpha value is -1.09. The number of ether oxygens (including phenoxy) is 2. The molecule has 1 aliphatic rings. The molecule has 3 nitrogen and oxygen atoms in total. The molecule has 0 amide bonds. The predicted octanol–water partition coefficient (Wildman–Crippen LogP) is 3.79. The zero-order chi connectivity index (χ0) is 14.3. The van der Waals surface area contributed by atoms with Crippen molar-refractivity contribution in [2.75, 3.05) is 6.61 Å². The molecule has 19 heavy (non-hydrogen) atoms. The lowest BCUT2D eigenvalue weighted by atomic mass is 10.1. The van der Waals surface area contributed by atoms with E-state index in [4.69, 9.17) is 9.47 Å². The number of hydrogen-bond donors (Lipinski definition) is 0. The van der Waals surface area contributed by atoms with E-state index in [0.717, 1.165) is 31.3 Å². The predicted molar refractivity (Wildman–Crippen MR) is 77.0 cm³/mol. The maximum Gasteiger partial charge on any atom is 0.330 e. The fourth-order valence-corrected chi connectivity index (χ4v) is 1.99. The second-order valence-corrected chi connectivity index (χ2v) is 5.54. The summed E-state index contributed by atoms with van der Waals surface area (Å²) in [6.07, 6.45) is 10.4. The Bertz CT molecular complexity index is 353. The smallest absolute Gasteiger partial charge is 0.330 e. The highest BCUT2D eigenvalue weighted by Crippen LogP contribution is 2.38. The Morgan fingerprint density at radius 2 is 1.95 bits per heavy atom. The van der Waals surface area contributed by atoms with Crippen LogP contribution in [0.25, 0.3) is 0 Å². The molecular formula is C16H26O3. The highest BCUT2D eigenvalue weighted by atomic mass is 16.6. The lowest BCUT2D eigenvalue weighted by molar-refractivity contribution is -0.137. The SMILES string of the molecule is CCOC(=O)C=C(C)CCC=CCCC1OC1(C)C. The van der Waals surface area contributed by atoms with E-state index in [0.29, 0.717) is 12.7 Å². The van der Waals surface area contributed by atoms with E-state index >= 15 is 0 Å². The van der Waals surface area contributed by atoms with E-state index in [9.17, 15) is 4.79 Å². The van der Waals surface area contributed by atoms with E-state index in [1.54, 1.807) is 6.08 Å². The molecule has 108 valence electrons. The molecule has 1 unspecified atom stereocenters.